The number of halogens is 4. The predicted octanol–water partition coefficient (Wildman–Crippen LogP) is 4.64. The Morgan fingerprint density at radius 2 is 1.69 bits per heavy atom. The van der Waals surface area contributed by atoms with E-state index < -0.39 is 25.2 Å². The topological polar surface area (TPSA) is 92.0 Å². The van der Waals surface area contributed by atoms with Crippen LogP contribution >= 0.6 is 0 Å². The maximum absolute atomic E-state index is 13.7. The lowest BCUT2D eigenvalue weighted by Gasteiger charge is -2.13. The summed E-state index contributed by atoms with van der Waals surface area (Å²) in [4.78, 5) is 17.9. The van der Waals surface area contributed by atoms with Crippen LogP contribution in [0.3, 0.4) is 0 Å². The molecule has 0 spiro atoms. The number of benzene rings is 2. The molecule has 0 unspecified atom stereocenters. The van der Waals surface area contributed by atoms with Gasteiger partial charge in [-0.3, -0.25) is 4.79 Å². The van der Waals surface area contributed by atoms with E-state index in [0.717, 1.165) is 5.39 Å². The molecule has 3 aromatic heterocycles. The number of pyridine rings is 1. The van der Waals surface area contributed by atoms with Gasteiger partial charge in [-0.2, -0.15) is 28.8 Å². The number of hydrogen-bond donors (Lipinski definition) is 0. The van der Waals surface area contributed by atoms with Crippen LogP contribution < -0.4 is 15.0 Å². The highest BCUT2D eigenvalue weighted by Gasteiger charge is 2.18. The van der Waals surface area contributed by atoms with Gasteiger partial charge in [0, 0.05) is 11.5 Å². The van der Waals surface area contributed by atoms with Crippen molar-refractivity contribution in [1.29, 1.82) is 0 Å². The first-order valence-corrected chi connectivity index (χ1v) is 10.5. The molecule has 0 radical (unpaired) electrons. The van der Waals surface area contributed by atoms with Crippen molar-refractivity contribution < 1.29 is 27.0 Å². The lowest BCUT2D eigenvalue weighted by atomic mass is 10.1. The lowest BCUT2D eigenvalue weighted by Crippen LogP contribution is -2.23. The first kappa shape index (κ1) is 23.1. The Morgan fingerprint density at radius 1 is 0.917 bits per heavy atom. The summed E-state index contributed by atoms with van der Waals surface area (Å²) in [6, 6.07) is 15.0. The van der Waals surface area contributed by atoms with Gasteiger partial charge in [0.1, 0.15) is 16.8 Å². The molecule has 3 heterocycles. The molecule has 0 aliphatic carbocycles. The van der Waals surface area contributed by atoms with Gasteiger partial charge < -0.3 is 9.47 Å². The second-order valence-electron chi connectivity index (χ2n) is 7.49. The Balaban J connectivity index is 1.70. The monoisotopic (exact) mass is 497 g/mol. The molecule has 0 aliphatic rings. The highest BCUT2D eigenvalue weighted by Crippen LogP contribution is 2.28. The summed E-state index contributed by atoms with van der Waals surface area (Å²) in [5, 5.41) is 13.0. The van der Waals surface area contributed by atoms with E-state index in [0.29, 0.717) is 16.8 Å². The first-order valence-electron chi connectivity index (χ1n) is 10.5. The van der Waals surface area contributed by atoms with Crippen LogP contribution in [-0.2, 0) is 0 Å². The SMILES string of the molecule is O=c1c(-c2ccc(OC(F)F)cc2)c2nc(OCC(F)F)ccc2nn1-c1ccc2nnccc2c1. The lowest BCUT2D eigenvalue weighted by molar-refractivity contribution is -0.0498. The Hall–Kier alpha value is -4.61. The molecular formula is C24H15F4N5O3. The largest absolute Gasteiger partial charge is 0.472 e. The maximum Gasteiger partial charge on any atom is 0.387 e. The standard InChI is InChI=1S/C24H15F4N5O3/c25-19(26)12-35-20-8-7-18-22(30-20)21(13-1-4-16(5-2-13)36-24(27)28)23(34)33(32-18)15-3-6-17-14(11-15)9-10-29-31-17/h1-11,19,24H,12H2. The molecule has 0 fully saturated rings. The third-order valence-corrected chi connectivity index (χ3v) is 5.17. The van der Waals surface area contributed by atoms with Crippen LogP contribution in [0.4, 0.5) is 17.6 Å². The molecule has 0 bridgehead atoms. The van der Waals surface area contributed by atoms with Crippen LogP contribution in [0.2, 0.25) is 0 Å². The summed E-state index contributed by atoms with van der Waals surface area (Å²) in [6.07, 6.45) is -1.20. The van der Waals surface area contributed by atoms with Crippen molar-refractivity contribution in [2.24, 2.45) is 0 Å². The Kier molecular flexibility index (Phi) is 6.15. The van der Waals surface area contributed by atoms with Crippen LogP contribution in [0.1, 0.15) is 0 Å². The van der Waals surface area contributed by atoms with E-state index in [9.17, 15) is 22.4 Å². The number of nitrogens with zero attached hydrogens (tertiary/aromatic N) is 5. The Bertz CT molecular complexity index is 1610. The average molecular weight is 497 g/mol. The fraction of sp³-hybridized carbons (Fsp3) is 0.125. The van der Waals surface area contributed by atoms with E-state index in [2.05, 4.69) is 25.0 Å². The van der Waals surface area contributed by atoms with Crippen molar-refractivity contribution in [1.82, 2.24) is 25.0 Å². The van der Waals surface area contributed by atoms with Gasteiger partial charge in [0.05, 0.1) is 23.0 Å². The quantitative estimate of drug-likeness (QED) is 0.303. The van der Waals surface area contributed by atoms with Gasteiger partial charge in [-0.25, -0.2) is 13.8 Å². The summed E-state index contributed by atoms with van der Waals surface area (Å²) in [5.74, 6) is -0.220. The number of fused-ring (bicyclic) bond motifs is 2. The minimum Gasteiger partial charge on any atom is -0.472 e. The number of ether oxygens (including phenoxy) is 2. The summed E-state index contributed by atoms with van der Waals surface area (Å²) in [7, 11) is 0. The van der Waals surface area contributed by atoms with Gasteiger partial charge in [-0.1, -0.05) is 12.1 Å². The molecule has 0 N–H and O–H groups in total. The molecule has 0 saturated heterocycles. The van der Waals surface area contributed by atoms with E-state index >= 15 is 0 Å². The molecule has 182 valence electrons. The molecule has 0 saturated carbocycles. The van der Waals surface area contributed by atoms with Crippen LogP contribution in [-0.4, -0.2) is 44.6 Å². The van der Waals surface area contributed by atoms with Gasteiger partial charge in [0.15, 0.2) is 6.61 Å². The van der Waals surface area contributed by atoms with Crippen molar-refractivity contribution >= 4 is 21.9 Å². The van der Waals surface area contributed by atoms with Crippen LogP contribution in [0.15, 0.2) is 71.7 Å². The van der Waals surface area contributed by atoms with Gasteiger partial charge >= 0.3 is 6.61 Å². The summed E-state index contributed by atoms with van der Waals surface area (Å²) >= 11 is 0. The average Bonchev–Trinajstić information content (AvgIpc) is 2.87. The van der Waals surface area contributed by atoms with Crippen molar-refractivity contribution in [3.63, 3.8) is 0 Å². The van der Waals surface area contributed by atoms with E-state index in [1.54, 1.807) is 24.3 Å². The molecule has 12 heteroatoms. The molecule has 5 aromatic rings. The third-order valence-electron chi connectivity index (χ3n) is 5.17. The third kappa shape index (κ3) is 4.65. The molecule has 0 atom stereocenters. The van der Waals surface area contributed by atoms with E-state index in [1.165, 1.54) is 47.3 Å². The summed E-state index contributed by atoms with van der Waals surface area (Å²) in [6.45, 7) is -3.89. The van der Waals surface area contributed by atoms with Crippen molar-refractivity contribution in [3.05, 3.63) is 77.2 Å². The number of aromatic nitrogens is 5. The van der Waals surface area contributed by atoms with E-state index in [1.807, 2.05) is 0 Å². The van der Waals surface area contributed by atoms with Crippen molar-refractivity contribution in [3.8, 4) is 28.4 Å². The van der Waals surface area contributed by atoms with Gasteiger partial charge in [-0.05, 0) is 48.0 Å². The van der Waals surface area contributed by atoms with Crippen LogP contribution in [0.25, 0.3) is 38.8 Å². The Morgan fingerprint density at radius 3 is 2.44 bits per heavy atom. The number of hydrogen-bond acceptors (Lipinski definition) is 7. The first-order chi connectivity index (χ1) is 17.4. The van der Waals surface area contributed by atoms with Gasteiger partial charge in [0.2, 0.25) is 5.88 Å². The van der Waals surface area contributed by atoms with Gasteiger partial charge in [-0.15, -0.1) is 0 Å². The zero-order valence-corrected chi connectivity index (χ0v) is 18.2. The fourth-order valence-electron chi connectivity index (χ4n) is 3.63. The Labute approximate surface area is 199 Å². The van der Waals surface area contributed by atoms with Crippen molar-refractivity contribution in [2.45, 2.75) is 13.0 Å². The predicted molar refractivity (Wildman–Crippen MR) is 122 cm³/mol. The highest BCUT2D eigenvalue weighted by molar-refractivity contribution is 5.91. The zero-order chi connectivity index (χ0) is 25.2. The summed E-state index contributed by atoms with van der Waals surface area (Å²) in [5.41, 5.74) is 1.23. The molecular weight excluding hydrogens is 482 g/mol. The van der Waals surface area contributed by atoms with Gasteiger partial charge in [0.25, 0.3) is 12.0 Å². The molecule has 36 heavy (non-hydrogen) atoms. The van der Waals surface area contributed by atoms with Crippen LogP contribution in [0, 0.1) is 0 Å². The van der Waals surface area contributed by atoms with Crippen LogP contribution in [0.5, 0.6) is 11.6 Å². The van der Waals surface area contributed by atoms with E-state index in [4.69, 9.17) is 4.74 Å². The fourth-order valence-corrected chi connectivity index (χ4v) is 3.63. The van der Waals surface area contributed by atoms with E-state index in [-0.39, 0.29) is 28.2 Å². The minimum absolute atomic E-state index is 0.0686. The molecule has 5 rings (SSSR count). The molecule has 0 amide bonds. The normalized spacial score (nSPS) is 11.5. The minimum atomic E-state index is -3.01. The maximum atomic E-state index is 13.7. The zero-order valence-electron chi connectivity index (χ0n) is 18.2. The second-order valence-corrected chi connectivity index (χ2v) is 7.49. The smallest absolute Gasteiger partial charge is 0.387 e. The molecule has 8 nitrogen and oxygen atoms in total. The number of rotatable bonds is 7. The second kappa shape index (κ2) is 9.56. The molecule has 2 aromatic carbocycles. The highest BCUT2D eigenvalue weighted by atomic mass is 19.3. The van der Waals surface area contributed by atoms with Crippen molar-refractivity contribution in [2.75, 3.05) is 6.61 Å². The molecule has 0 aliphatic heterocycles. The summed E-state index contributed by atoms with van der Waals surface area (Å²) < 4.78 is 61.0. The number of alkyl halides is 4.